The highest BCUT2D eigenvalue weighted by Crippen LogP contribution is 2.28. The molecule has 106 valence electrons. The van der Waals surface area contributed by atoms with Crippen LogP contribution in [-0.2, 0) is 4.79 Å². The Labute approximate surface area is 123 Å². The molecule has 0 heterocycles. The maximum absolute atomic E-state index is 11.4. The maximum Gasteiger partial charge on any atom is 0.323 e. The van der Waals surface area contributed by atoms with E-state index in [4.69, 9.17) is 11.6 Å². The average Bonchev–Trinajstić information content (AvgIpc) is 2.30. The highest BCUT2D eigenvalue weighted by molar-refractivity contribution is 7.99. The molecular formula is C14H20ClNO2S. The fourth-order valence-electron chi connectivity index (χ4n) is 1.80. The summed E-state index contributed by atoms with van der Waals surface area (Å²) in [6, 6.07) is 7.73. The predicted octanol–water partition coefficient (Wildman–Crippen LogP) is 3.66. The van der Waals surface area contributed by atoms with E-state index in [0.717, 1.165) is 4.90 Å². The molecule has 0 saturated heterocycles. The van der Waals surface area contributed by atoms with Crippen LogP contribution in [0.4, 0.5) is 0 Å². The highest BCUT2D eigenvalue weighted by Gasteiger charge is 2.32. The van der Waals surface area contributed by atoms with Crippen LogP contribution in [0.5, 0.6) is 0 Å². The van der Waals surface area contributed by atoms with Gasteiger partial charge in [-0.05, 0) is 39.3 Å². The van der Waals surface area contributed by atoms with Crippen LogP contribution < -0.4 is 5.32 Å². The molecule has 0 bridgehead atoms. The first-order valence-electron chi connectivity index (χ1n) is 6.23. The number of carboxylic acids is 1. The number of aliphatic carboxylic acids is 1. The summed E-state index contributed by atoms with van der Waals surface area (Å²) in [5, 5.41) is 13.2. The molecule has 0 saturated carbocycles. The zero-order valence-corrected chi connectivity index (χ0v) is 13.0. The molecule has 1 aromatic rings. The summed E-state index contributed by atoms with van der Waals surface area (Å²) in [5.41, 5.74) is -0.900. The van der Waals surface area contributed by atoms with Crippen LogP contribution in [0.25, 0.3) is 0 Å². The summed E-state index contributed by atoms with van der Waals surface area (Å²) in [4.78, 5) is 12.4. The molecule has 1 rings (SSSR count). The third-order valence-corrected chi connectivity index (χ3v) is 4.29. The Morgan fingerprint density at radius 3 is 2.63 bits per heavy atom. The van der Waals surface area contributed by atoms with Gasteiger partial charge in [0.25, 0.3) is 0 Å². The second kappa shape index (κ2) is 7.17. The number of benzene rings is 1. The van der Waals surface area contributed by atoms with Crippen LogP contribution in [0, 0.1) is 0 Å². The van der Waals surface area contributed by atoms with Crippen molar-refractivity contribution in [1.29, 1.82) is 0 Å². The first-order chi connectivity index (χ1) is 8.85. The van der Waals surface area contributed by atoms with E-state index >= 15 is 0 Å². The maximum atomic E-state index is 11.4. The molecule has 0 aliphatic rings. The molecule has 0 spiro atoms. The number of thioether (sulfide) groups is 1. The van der Waals surface area contributed by atoms with E-state index in [1.54, 1.807) is 18.7 Å². The fraction of sp³-hybridized carbons (Fsp3) is 0.500. The second-order valence-electron chi connectivity index (χ2n) is 4.97. The van der Waals surface area contributed by atoms with E-state index in [1.807, 2.05) is 38.1 Å². The predicted molar refractivity (Wildman–Crippen MR) is 81.1 cm³/mol. The summed E-state index contributed by atoms with van der Waals surface area (Å²) >= 11 is 7.65. The summed E-state index contributed by atoms with van der Waals surface area (Å²) < 4.78 is 0. The van der Waals surface area contributed by atoms with E-state index < -0.39 is 11.5 Å². The molecule has 0 radical (unpaired) electrons. The van der Waals surface area contributed by atoms with Crippen molar-refractivity contribution in [3.63, 3.8) is 0 Å². The molecule has 0 aliphatic heterocycles. The lowest BCUT2D eigenvalue weighted by atomic mass is 9.98. The summed E-state index contributed by atoms with van der Waals surface area (Å²) in [7, 11) is 0. The largest absolute Gasteiger partial charge is 0.480 e. The minimum atomic E-state index is -0.900. The molecule has 0 amide bonds. The van der Waals surface area contributed by atoms with Gasteiger partial charge in [-0.3, -0.25) is 10.1 Å². The molecular weight excluding hydrogens is 282 g/mol. The van der Waals surface area contributed by atoms with Gasteiger partial charge in [0.2, 0.25) is 0 Å². The zero-order chi connectivity index (χ0) is 14.5. The number of hydrogen-bond acceptors (Lipinski definition) is 3. The van der Waals surface area contributed by atoms with Gasteiger partial charge in [0, 0.05) is 16.7 Å². The highest BCUT2D eigenvalue weighted by atomic mass is 35.5. The third kappa shape index (κ3) is 5.05. The van der Waals surface area contributed by atoms with Crippen molar-refractivity contribution < 1.29 is 9.90 Å². The van der Waals surface area contributed by atoms with Gasteiger partial charge in [-0.15, -0.1) is 11.8 Å². The van der Waals surface area contributed by atoms with Crippen molar-refractivity contribution >= 4 is 29.3 Å². The smallest absolute Gasteiger partial charge is 0.323 e. The van der Waals surface area contributed by atoms with Crippen LogP contribution in [0.2, 0.25) is 5.02 Å². The molecule has 0 fully saturated rings. The fourth-order valence-corrected chi connectivity index (χ4v) is 3.22. The zero-order valence-electron chi connectivity index (χ0n) is 11.4. The van der Waals surface area contributed by atoms with E-state index in [2.05, 4.69) is 5.32 Å². The molecule has 0 aliphatic carbocycles. The van der Waals surface area contributed by atoms with Gasteiger partial charge < -0.3 is 5.11 Å². The van der Waals surface area contributed by atoms with Crippen molar-refractivity contribution in [2.24, 2.45) is 0 Å². The SMILES string of the molecule is CC(C)NC(C)(CCSc1ccccc1Cl)C(=O)O. The summed E-state index contributed by atoms with van der Waals surface area (Å²) in [6.07, 6.45) is 0.538. The Hall–Kier alpha value is -0.710. The van der Waals surface area contributed by atoms with Crippen LogP contribution in [0.3, 0.4) is 0 Å². The Balaban J connectivity index is 2.58. The van der Waals surface area contributed by atoms with E-state index in [-0.39, 0.29) is 6.04 Å². The van der Waals surface area contributed by atoms with E-state index in [1.165, 1.54) is 0 Å². The van der Waals surface area contributed by atoms with Crippen molar-refractivity contribution in [2.75, 3.05) is 5.75 Å². The minimum absolute atomic E-state index is 0.131. The first kappa shape index (κ1) is 16.3. The minimum Gasteiger partial charge on any atom is -0.480 e. The van der Waals surface area contributed by atoms with Crippen molar-refractivity contribution in [2.45, 2.75) is 43.7 Å². The summed E-state index contributed by atoms with van der Waals surface area (Å²) in [5.74, 6) is -0.118. The summed E-state index contributed by atoms with van der Waals surface area (Å²) in [6.45, 7) is 5.62. The molecule has 1 aromatic carbocycles. The lowest BCUT2D eigenvalue weighted by Crippen LogP contribution is -2.52. The van der Waals surface area contributed by atoms with Gasteiger partial charge in [0.15, 0.2) is 0 Å². The number of rotatable bonds is 7. The lowest BCUT2D eigenvalue weighted by Gasteiger charge is -2.28. The molecule has 0 aromatic heterocycles. The third-order valence-electron chi connectivity index (χ3n) is 2.78. The quantitative estimate of drug-likeness (QED) is 0.755. The Morgan fingerprint density at radius 2 is 2.11 bits per heavy atom. The topological polar surface area (TPSA) is 49.3 Å². The number of carbonyl (C=O) groups is 1. The second-order valence-corrected chi connectivity index (χ2v) is 6.51. The van der Waals surface area contributed by atoms with Crippen molar-refractivity contribution in [3.8, 4) is 0 Å². The molecule has 1 unspecified atom stereocenters. The number of nitrogens with one attached hydrogen (secondary N) is 1. The number of hydrogen-bond donors (Lipinski definition) is 2. The lowest BCUT2D eigenvalue weighted by molar-refractivity contribution is -0.144. The first-order valence-corrected chi connectivity index (χ1v) is 7.60. The van der Waals surface area contributed by atoms with Crippen LogP contribution in [0.15, 0.2) is 29.2 Å². The van der Waals surface area contributed by atoms with Crippen LogP contribution in [-0.4, -0.2) is 28.4 Å². The standard InChI is InChI=1S/C14H20ClNO2S/c1-10(2)16-14(3,13(17)18)8-9-19-12-7-5-4-6-11(12)15/h4-7,10,16H,8-9H2,1-3H3,(H,17,18). The Bertz CT molecular complexity index is 439. The molecule has 2 N–H and O–H groups in total. The van der Waals surface area contributed by atoms with Gasteiger partial charge in [0.05, 0.1) is 5.02 Å². The van der Waals surface area contributed by atoms with Crippen LogP contribution in [0.1, 0.15) is 27.2 Å². The van der Waals surface area contributed by atoms with Gasteiger partial charge >= 0.3 is 5.97 Å². The normalized spacial score (nSPS) is 14.4. The van der Waals surface area contributed by atoms with E-state index in [9.17, 15) is 9.90 Å². The Kier molecular flexibility index (Phi) is 6.17. The molecule has 1 atom stereocenters. The van der Waals surface area contributed by atoms with Crippen molar-refractivity contribution in [1.82, 2.24) is 5.32 Å². The molecule has 19 heavy (non-hydrogen) atoms. The van der Waals surface area contributed by atoms with Gasteiger partial charge in [-0.25, -0.2) is 0 Å². The Morgan fingerprint density at radius 1 is 1.47 bits per heavy atom. The van der Waals surface area contributed by atoms with Crippen molar-refractivity contribution in [3.05, 3.63) is 29.3 Å². The average molecular weight is 302 g/mol. The van der Waals surface area contributed by atoms with Gasteiger partial charge in [-0.1, -0.05) is 23.7 Å². The number of carboxylic acid groups (broad SMARTS) is 1. The number of halogens is 1. The molecule has 3 nitrogen and oxygen atoms in total. The molecule has 5 heteroatoms. The van der Waals surface area contributed by atoms with Crippen LogP contribution >= 0.6 is 23.4 Å². The monoisotopic (exact) mass is 301 g/mol. The van der Waals surface area contributed by atoms with Gasteiger partial charge in [0.1, 0.15) is 5.54 Å². The van der Waals surface area contributed by atoms with E-state index in [0.29, 0.717) is 17.2 Å². The van der Waals surface area contributed by atoms with Gasteiger partial charge in [-0.2, -0.15) is 0 Å².